The molecule has 0 aliphatic heterocycles. The summed E-state index contributed by atoms with van der Waals surface area (Å²) >= 11 is 0. The zero-order valence-corrected chi connectivity index (χ0v) is 13.2. The molecule has 0 aromatic carbocycles. The molecular weight excluding hydrogens is 252 g/mol. The summed E-state index contributed by atoms with van der Waals surface area (Å²) in [6.45, 7) is 11.9. The van der Waals surface area contributed by atoms with E-state index < -0.39 is 0 Å². The number of aliphatic imine (C=N–C) groups is 1. The van der Waals surface area contributed by atoms with Crippen molar-refractivity contribution in [2.24, 2.45) is 10.9 Å². The molecule has 20 heavy (non-hydrogen) atoms. The number of aromatic nitrogens is 3. The average Bonchev–Trinajstić information content (AvgIpc) is 2.87. The summed E-state index contributed by atoms with van der Waals surface area (Å²) in [5.41, 5.74) is 0. The van der Waals surface area contributed by atoms with Gasteiger partial charge in [-0.05, 0) is 32.6 Å². The number of aryl methyl sites for hydroxylation is 1. The fourth-order valence-corrected chi connectivity index (χ4v) is 1.87. The van der Waals surface area contributed by atoms with Crippen LogP contribution in [0.4, 0.5) is 0 Å². The van der Waals surface area contributed by atoms with Crippen molar-refractivity contribution in [2.75, 3.05) is 13.1 Å². The van der Waals surface area contributed by atoms with Crippen molar-refractivity contribution >= 4 is 5.96 Å². The number of guanidine groups is 1. The standard InChI is InChI=1S/C14H28N6/c1-5-15-14(16-9-7-8-12(3)4)17-10-13-19-18-11-20(13)6-2/h11-12H,5-10H2,1-4H3,(H2,15,16,17). The van der Waals surface area contributed by atoms with E-state index in [1.54, 1.807) is 6.33 Å². The van der Waals surface area contributed by atoms with Crippen LogP contribution in [-0.4, -0.2) is 33.8 Å². The maximum Gasteiger partial charge on any atom is 0.191 e. The van der Waals surface area contributed by atoms with Gasteiger partial charge < -0.3 is 15.2 Å². The highest BCUT2D eigenvalue weighted by molar-refractivity contribution is 5.79. The minimum Gasteiger partial charge on any atom is -0.357 e. The second-order valence-corrected chi connectivity index (χ2v) is 5.19. The van der Waals surface area contributed by atoms with E-state index in [-0.39, 0.29) is 0 Å². The SMILES string of the molecule is CCNC(=NCc1nncn1CC)NCCCC(C)C. The Balaban J connectivity index is 2.45. The van der Waals surface area contributed by atoms with Crippen LogP contribution in [0.2, 0.25) is 0 Å². The summed E-state index contributed by atoms with van der Waals surface area (Å²) in [6, 6.07) is 0. The summed E-state index contributed by atoms with van der Waals surface area (Å²) in [5.74, 6) is 2.49. The maximum atomic E-state index is 4.55. The number of hydrogen-bond donors (Lipinski definition) is 2. The van der Waals surface area contributed by atoms with Gasteiger partial charge in [-0.25, -0.2) is 4.99 Å². The molecule has 1 aromatic heterocycles. The third-order valence-corrected chi connectivity index (χ3v) is 3.01. The predicted molar refractivity (Wildman–Crippen MR) is 82.6 cm³/mol. The van der Waals surface area contributed by atoms with Gasteiger partial charge in [-0.2, -0.15) is 0 Å². The molecule has 114 valence electrons. The van der Waals surface area contributed by atoms with Crippen LogP contribution in [0.25, 0.3) is 0 Å². The number of hydrogen-bond acceptors (Lipinski definition) is 3. The van der Waals surface area contributed by atoms with Gasteiger partial charge in [0, 0.05) is 19.6 Å². The molecule has 6 nitrogen and oxygen atoms in total. The molecule has 0 amide bonds. The van der Waals surface area contributed by atoms with E-state index in [1.165, 1.54) is 6.42 Å². The Morgan fingerprint density at radius 1 is 1.35 bits per heavy atom. The first-order valence-corrected chi connectivity index (χ1v) is 7.56. The molecule has 0 aliphatic carbocycles. The van der Waals surface area contributed by atoms with Gasteiger partial charge in [-0.1, -0.05) is 13.8 Å². The molecule has 0 atom stereocenters. The van der Waals surface area contributed by atoms with Gasteiger partial charge >= 0.3 is 0 Å². The number of nitrogens with zero attached hydrogens (tertiary/aromatic N) is 4. The van der Waals surface area contributed by atoms with E-state index >= 15 is 0 Å². The highest BCUT2D eigenvalue weighted by Gasteiger charge is 2.03. The van der Waals surface area contributed by atoms with Gasteiger partial charge in [-0.15, -0.1) is 10.2 Å². The quantitative estimate of drug-likeness (QED) is 0.433. The van der Waals surface area contributed by atoms with E-state index in [4.69, 9.17) is 0 Å². The maximum absolute atomic E-state index is 4.55. The minimum absolute atomic E-state index is 0.549. The lowest BCUT2D eigenvalue weighted by molar-refractivity contribution is 0.549. The topological polar surface area (TPSA) is 67.1 Å². The largest absolute Gasteiger partial charge is 0.357 e. The smallest absolute Gasteiger partial charge is 0.191 e. The van der Waals surface area contributed by atoms with Gasteiger partial charge in [-0.3, -0.25) is 0 Å². The van der Waals surface area contributed by atoms with Crippen LogP contribution in [0.3, 0.4) is 0 Å². The Kier molecular flexibility index (Phi) is 7.69. The molecule has 2 N–H and O–H groups in total. The Hall–Kier alpha value is -1.59. The second kappa shape index (κ2) is 9.34. The first-order chi connectivity index (χ1) is 9.67. The summed E-state index contributed by atoms with van der Waals surface area (Å²) in [5, 5.41) is 14.6. The fourth-order valence-electron chi connectivity index (χ4n) is 1.87. The molecule has 0 bridgehead atoms. The van der Waals surface area contributed by atoms with Crippen LogP contribution < -0.4 is 10.6 Å². The summed E-state index contributed by atoms with van der Waals surface area (Å²) < 4.78 is 2.01. The number of nitrogens with one attached hydrogen (secondary N) is 2. The molecule has 0 spiro atoms. The molecule has 0 unspecified atom stereocenters. The fraction of sp³-hybridized carbons (Fsp3) is 0.786. The number of rotatable bonds is 8. The van der Waals surface area contributed by atoms with Gasteiger partial charge in [0.1, 0.15) is 12.9 Å². The monoisotopic (exact) mass is 280 g/mol. The van der Waals surface area contributed by atoms with E-state index in [9.17, 15) is 0 Å². The highest BCUT2D eigenvalue weighted by Crippen LogP contribution is 2.01. The van der Waals surface area contributed by atoms with Crippen LogP contribution in [0, 0.1) is 5.92 Å². The predicted octanol–water partition coefficient (Wildman–Crippen LogP) is 1.79. The molecule has 1 heterocycles. The van der Waals surface area contributed by atoms with Crippen LogP contribution in [-0.2, 0) is 13.1 Å². The third-order valence-electron chi connectivity index (χ3n) is 3.01. The summed E-state index contributed by atoms with van der Waals surface area (Å²) in [7, 11) is 0. The van der Waals surface area contributed by atoms with E-state index in [0.29, 0.717) is 6.54 Å². The van der Waals surface area contributed by atoms with E-state index in [0.717, 1.165) is 43.8 Å². The molecular formula is C14H28N6. The Morgan fingerprint density at radius 3 is 2.80 bits per heavy atom. The second-order valence-electron chi connectivity index (χ2n) is 5.19. The van der Waals surface area contributed by atoms with Crippen molar-refractivity contribution in [2.45, 2.75) is 53.6 Å². The first kappa shape index (κ1) is 16.5. The normalized spacial score (nSPS) is 11.9. The zero-order valence-electron chi connectivity index (χ0n) is 13.2. The van der Waals surface area contributed by atoms with Crippen LogP contribution in [0.1, 0.15) is 46.4 Å². The molecule has 0 aliphatic rings. The van der Waals surface area contributed by atoms with Crippen molar-refractivity contribution < 1.29 is 0 Å². The van der Waals surface area contributed by atoms with Crippen LogP contribution >= 0.6 is 0 Å². The van der Waals surface area contributed by atoms with Crippen LogP contribution in [0.5, 0.6) is 0 Å². The molecule has 6 heteroatoms. The highest BCUT2D eigenvalue weighted by atomic mass is 15.3. The Morgan fingerprint density at radius 2 is 2.15 bits per heavy atom. The van der Waals surface area contributed by atoms with Crippen molar-refractivity contribution in [3.05, 3.63) is 12.2 Å². The van der Waals surface area contributed by atoms with E-state index in [2.05, 4.69) is 53.5 Å². The lowest BCUT2D eigenvalue weighted by Gasteiger charge is -2.12. The van der Waals surface area contributed by atoms with Crippen molar-refractivity contribution in [1.29, 1.82) is 0 Å². The Bertz CT molecular complexity index is 396. The van der Waals surface area contributed by atoms with Gasteiger partial charge in [0.2, 0.25) is 0 Å². The zero-order chi connectivity index (χ0) is 14.8. The molecule has 1 aromatic rings. The molecule has 0 fully saturated rings. The van der Waals surface area contributed by atoms with E-state index in [1.807, 2.05) is 4.57 Å². The average molecular weight is 280 g/mol. The minimum atomic E-state index is 0.549. The van der Waals surface area contributed by atoms with Crippen LogP contribution in [0.15, 0.2) is 11.3 Å². The van der Waals surface area contributed by atoms with Crippen molar-refractivity contribution in [3.8, 4) is 0 Å². The third kappa shape index (κ3) is 6.04. The van der Waals surface area contributed by atoms with Crippen molar-refractivity contribution in [1.82, 2.24) is 25.4 Å². The lowest BCUT2D eigenvalue weighted by atomic mass is 10.1. The Labute approximate surface area is 122 Å². The van der Waals surface area contributed by atoms with Gasteiger partial charge in [0.05, 0.1) is 0 Å². The van der Waals surface area contributed by atoms with Crippen molar-refractivity contribution in [3.63, 3.8) is 0 Å². The summed E-state index contributed by atoms with van der Waals surface area (Å²) in [4.78, 5) is 4.55. The molecule has 0 saturated heterocycles. The first-order valence-electron chi connectivity index (χ1n) is 7.56. The summed E-state index contributed by atoms with van der Waals surface area (Å²) in [6.07, 6.45) is 4.14. The molecule has 0 radical (unpaired) electrons. The lowest BCUT2D eigenvalue weighted by Crippen LogP contribution is -2.37. The molecule has 1 rings (SSSR count). The van der Waals surface area contributed by atoms with Gasteiger partial charge in [0.25, 0.3) is 0 Å². The van der Waals surface area contributed by atoms with Gasteiger partial charge in [0.15, 0.2) is 11.8 Å². The molecule has 0 saturated carbocycles.